The van der Waals surface area contributed by atoms with Gasteiger partial charge in [-0.1, -0.05) is 0 Å². The second kappa shape index (κ2) is 10.9. The minimum absolute atomic E-state index is 0.139. The van der Waals surface area contributed by atoms with E-state index in [1.807, 2.05) is 0 Å². The van der Waals surface area contributed by atoms with Gasteiger partial charge in [0.05, 0.1) is 26.4 Å². The quantitative estimate of drug-likeness (QED) is 0.233. The molecular weight excluding hydrogens is 310 g/mol. The number of anilines is 1. The second-order valence-corrected chi connectivity index (χ2v) is 4.98. The lowest BCUT2D eigenvalue weighted by molar-refractivity contribution is -0.152. The van der Waals surface area contributed by atoms with Crippen molar-refractivity contribution in [3.05, 3.63) is 12.4 Å². The molecule has 0 aromatic carbocycles. The zero-order valence-electron chi connectivity index (χ0n) is 12.5. The number of hydrogen-bond acceptors (Lipinski definition) is 8. The number of nitrogens with one attached hydrogen (secondary N) is 1. The van der Waals surface area contributed by atoms with Crippen molar-refractivity contribution in [2.45, 2.75) is 11.9 Å². The molecule has 22 heavy (non-hydrogen) atoms. The third-order valence-electron chi connectivity index (χ3n) is 2.25. The van der Waals surface area contributed by atoms with E-state index in [4.69, 9.17) is 9.47 Å². The topological polar surface area (TPSA) is 99.6 Å². The molecule has 1 aromatic heterocycles. The predicted molar refractivity (Wildman–Crippen MR) is 80.7 cm³/mol. The number of hydrogen-bond donors (Lipinski definition) is 1. The van der Waals surface area contributed by atoms with Gasteiger partial charge in [0.25, 0.3) is 0 Å². The van der Waals surface area contributed by atoms with Gasteiger partial charge in [-0.3, -0.25) is 4.79 Å². The number of thioether (sulfide) groups is 1. The van der Waals surface area contributed by atoms with Crippen molar-refractivity contribution in [3.8, 4) is 0 Å². The maximum Gasteiger partial charge on any atom is 0.397 e. The van der Waals surface area contributed by atoms with Gasteiger partial charge in [-0.2, -0.15) is 0 Å². The summed E-state index contributed by atoms with van der Waals surface area (Å²) in [5.74, 6) is -0.858. The summed E-state index contributed by atoms with van der Waals surface area (Å²) < 4.78 is 14.8. The van der Waals surface area contributed by atoms with Crippen molar-refractivity contribution in [1.29, 1.82) is 0 Å². The number of carbonyl (C=O) groups excluding carboxylic acids is 2. The first-order chi connectivity index (χ1) is 10.7. The van der Waals surface area contributed by atoms with Crippen LogP contribution in [0.5, 0.6) is 0 Å². The Morgan fingerprint density at radius 3 is 2.82 bits per heavy atom. The normalized spacial score (nSPS) is 10.3. The number of ether oxygens (including phenoxy) is 3. The largest absolute Gasteiger partial charge is 0.459 e. The van der Waals surface area contributed by atoms with Crippen LogP contribution in [0.25, 0.3) is 0 Å². The predicted octanol–water partition coefficient (Wildman–Crippen LogP) is 0.733. The smallest absolute Gasteiger partial charge is 0.397 e. The molecule has 9 heteroatoms. The fraction of sp³-hybridized carbons (Fsp3) is 0.538. The highest BCUT2D eigenvalue weighted by Gasteiger charge is 2.15. The minimum atomic E-state index is -0.943. The van der Waals surface area contributed by atoms with Crippen molar-refractivity contribution in [1.82, 2.24) is 9.97 Å². The van der Waals surface area contributed by atoms with E-state index in [1.165, 1.54) is 18.1 Å². The number of methoxy groups -OCH3 is 1. The summed E-state index contributed by atoms with van der Waals surface area (Å²) >= 11 is 1.45. The first-order valence-corrected chi connectivity index (χ1v) is 7.65. The monoisotopic (exact) mass is 329 g/mol. The van der Waals surface area contributed by atoms with Gasteiger partial charge >= 0.3 is 11.9 Å². The maximum absolute atomic E-state index is 11.5. The number of carbonyl (C=O) groups is 2. The van der Waals surface area contributed by atoms with Gasteiger partial charge in [-0.15, -0.1) is 11.8 Å². The highest BCUT2D eigenvalue weighted by atomic mass is 32.2. The summed E-state index contributed by atoms with van der Waals surface area (Å²) in [6, 6.07) is 1.58. The van der Waals surface area contributed by atoms with E-state index in [2.05, 4.69) is 20.0 Å². The molecule has 0 fully saturated rings. The van der Waals surface area contributed by atoms with E-state index in [1.54, 1.807) is 20.1 Å². The molecule has 0 bridgehead atoms. The fourth-order valence-corrected chi connectivity index (χ4v) is 2.03. The maximum atomic E-state index is 11.5. The molecular formula is C13H19N3O5S. The van der Waals surface area contributed by atoms with Crippen LogP contribution in [-0.4, -0.2) is 61.1 Å². The third kappa shape index (κ3) is 7.34. The Morgan fingerprint density at radius 2 is 2.09 bits per heavy atom. The summed E-state index contributed by atoms with van der Waals surface area (Å²) in [7, 11) is 1.62. The summed E-state index contributed by atoms with van der Waals surface area (Å²) in [6.45, 7) is 3.42. The van der Waals surface area contributed by atoms with Crippen molar-refractivity contribution in [2.24, 2.45) is 0 Å². The highest BCUT2D eigenvalue weighted by Crippen LogP contribution is 2.16. The Labute approximate surface area is 132 Å². The van der Waals surface area contributed by atoms with Crippen LogP contribution in [0.15, 0.2) is 17.4 Å². The molecule has 1 rings (SSSR count). The van der Waals surface area contributed by atoms with Crippen molar-refractivity contribution < 1.29 is 23.8 Å². The molecule has 1 heterocycles. The summed E-state index contributed by atoms with van der Waals surface area (Å²) in [5.41, 5.74) is 0. The van der Waals surface area contributed by atoms with Crippen LogP contribution in [0.1, 0.15) is 6.92 Å². The molecule has 1 N–H and O–H groups in total. The lowest BCUT2D eigenvalue weighted by atomic mass is 10.5. The zero-order chi connectivity index (χ0) is 16.2. The molecule has 0 spiro atoms. The zero-order valence-corrected chi connectivity index (χ0v) is 13.4. The van der Waals surface area contributed by atoms with Crippen molar-refractivity contribution in [2.75, 3.05) is 44.6 Å². The molecule has 0 atom stereocenters. The van der Waals surface area contributed by atoms with Gasteiger partial charge in [0.2, 0.25) is 0 Å². The molecule has 0 saturated heterocycles. The summed E-state index contributed by atoms with van der Waals surface area (Å²) in [4.78, 5) is 30.7. The molecule has 122 valence electrons. The Morgan fingerprint density at radius 1 is 1.27 bits per heavy atom. The first kappa shape index (κ1) is 18.3. The lowest BCUT2D eigenvalue weighted by Gasteiger charge is -2.06. The van der Waals surface area contributed by atoms with Crippen molar-refractivity contribution in [3.63, 3.8) is 0 Å². The van der Waals surface area contributed by atoms with E-state index in [-0.39, 0.29) is 12.4 Å². The molecule has 0 saturated carbocycles. The lowest BCUT2D eigenvalue weighted by Crippen LogP contribution is -2.25. The van der Waals surface area contributed by atoms with E-state index in [0.717, 1.165) is 0 Å². The molecule has 8 nitrogen and oxygen atoms in total. The Bertz CT molecular complexity index is 486. The van der Waals surface area contributed by atoms with Gasteiger partial charge in [0, 0.05) is 18.9 Å². The summed E-state index contributed by atoms with van der Waals surface area (Å²) in [6.07, 6.45) is 1.31. The number of amides is 1. The Balaban J connectivity index is 2.38. The molecule has 0 radical (unpaired) electrons. The number of esters is 1. The average molecular weight is 329 g/mol. The van der Waals surface area contributed by atoms with Gasteiger partial charge in [-0.05, 0) is 6.92 Å². The van der Waals surface area contributed by atoms with Crippen LogP contribution in [-0.2, 0) is 23.8 Å². The third-order valence-corrected chi connectivity index (χ3v) is 3.14. The van der Waals surface area contributed by atoms with Crippen LogP contribution in [0.2, 0.25) is 0 Å². The Kier molecular flexibility index (Phi) is 9.12. The second-order valence-electron chi connectivity index (χ2n) is 3.87. The van der Waals surface area contributed by atoms with Gasteiger partial charge in [0.15, 0.2) is 0 Å². The summed E-state index contributed by atoms with van der Waals surface area (Å²) in [5, 5.41) is 3.03. The van der Waals surface area contributed by atoms with Gasteiger partial charge in [-0.25, -0.2) is 14.8 Å². The molecule has 0 aliphatic rings. The van der Waals surface area contributed by atoms with E-state index < -0.39 is 11.9 Å². The van der Waals surface area contributed by atoms with Crippen LogP contribution in [0, 0.1) is 0 Å². The van der Waals surface area contributed by atoms with Gasteiger partial charge < -0.3 is 19.5 Å². The minimum Gasteiger partial charge on any atom is -0.459 e. The molecule has 0 aliphatic carbocycles. The van der Waals surface area contributed by atoms with E-state index >= 15 is 0 Å². The van der Waals surface area contributed by atoms with Crippen LogP contribution < -0.4 is 5.32 Å². The standard InChI is InChI=1S/C13H19N3O5S/c1-3-21-13(18)12(17)16-10-8-11(15-9-14-10)22-7-6-20-5-4-19-2/h8-9H,3-7H2,1-2H3,(H,14,15,16,17). The molecule has 0 unspecified atom stereocenters. The van der Waals surface area contributed by atoms with E-state index in [0.29, 0.717) is 30.6 Å². The van der Waals surface area contributed by atoms with Crippen LogP contribution in [0.3, 0.4) is 0 Å². The molecule has 1 aromatic rings. The highest BCUT2D eigenvalue weighted by molar-refractivity contribution is 7.99. The average Bonchev–Trinajstić information content (AvgIpc) is 2.51. The Hall–Kier alpha value is -1.71. The van der Waals surface area contributed by atoms with Crippen molar-refractivity contribution >= 4 is 29.5 Å². The number of nitrogens with zero attached hydrogens (tertiary/aromatic N) is 2. The van der Waals surface area contributed by atoms with E-state index in [9.17, 15) is 9.59 Å². The van der Waals surface area contributed by atoms with Gasteiger partial charge in [0.1, 0.15) is 17.2 Å². The van der Waals surface area contributed by atoms with Crippen LogP contribution >= 0.6 is 11.8 Å². The number of rotatable bonds is 9. The van der Waals surface area contributed by atoms with Crippen LogP contribution in [0.4, 0.5) is 5.82 Å². The first-order valence-electron chi connectivity index (χ1n) is 6.67. The number of aromatic nitrogens is 2. The molecule has 1 amide bonds. The molecule has 0 aliphatic heterocycles. The fourth-order valence-electron chi connectivity index (χ4n) is 1.30. The SMILES string of the molecule is CCOC(=O)C(=O)Nc1cc(SCCOCCOC)ncn1.